The average molecular weight is 453 g/mol. The highest BCUT2D eigenvalue weighted by Crippen LogP contribution is 2.28. The number of nitrogens with one attached hydrogen (secondary N) is 1. The van der Waals surface area contributed by atoms with Crippen LogP contribution in [-0.2, 0) is 9.53 Å². The van der Waals surface area contributed by atoms with Gasteiger partial charge in [-0.15, -0.1) is 0 Å². The van der Waals surface area contributed by atoms with Gasteiger partial charge >= 0.3 is 5.97 Å². The summed E-state index contributed by atoms with van der Waals surface area (Å²) >= 11 is 5.65. The van der Waals surface area contributed by atoms with Gasteiger partial charge in [0, 0.05) is 5.69 Å². The molecule has 0 unspecified atom stereocenters. The maximum absolute atomic E-state index is 13.2. The molecule has 3 aromatic rings. The second kappa shape index (κ2) is 8.60. The predicted octanol–water partition coefficient (Wildman–Crippen LogP) is 4.08. The molecule has 32 heavy (non-hydrogen) atoms. The van der Waals surface area contributed by atoms with Crippen LogP contribution in [-0.4, -0.2) is 30.3 Å². The Morgan fingerprint density at radius 2 is 1.56 bits per heavy atom. The first-order chi connectivity index (χ1) is 15.3. The lowest BCUT2D eigenvalue weighted by Crippen LogP contribution is -2.29. The summed E-state index contributed by atoms with van der Waals surface area (Å²) in [7, 11) is 0. The fourth-order valence-electron chi connectivity index (χ4n) is 3.16. The van der Waals surface area contributed by atoms with E-state index in [0.29, 0.717) is 16.8 Å². The Morgan fingerprint density at radius 1 is 0.938 bits per heavy atom. The number of nitrogens with zero attached hydrogens (tertiary/aromatic N) is 1. The number of imide groups is 1. The third-order valence-corrected chi connectivity index (χ3v) is 4.98. The fraction of sp³-hybridized carbons (Fsp3) is 0.0435. The first-order valence-corrected chi connectivity index (χ1v) is 9.73. The van der Waals surface area contributed by atoms with Crippen molar-refractivity contribution in [1.29, 1.82) is 0 Å². The van der Waals surface area contributed by atoms with E-state index in [2.05, 4.69) is 5.32 Å². The number of carbonyl (C=O) groups excluding carboxylic acids is 4. The molecule has 1 aliphatic heterocycles. The minimum atomic E-state index is -0.772. The molecule has 0 aromatic heterocycles. The first-order valence-electron chi connectivity index (χ1n) is 9.35. The Balaban J connectivity index is 1.37. The van der Waals surface area contributed by atoms with Gasteiger partial charge in [-0.05, 0) is 54.6 Å². The van der Waals surface area contributed by atoms with Crippen LogP contribution in [0.5, 0.6) is 0 Å². The van der Waals surface area contributed by atoms with E-state index < -0.39 is 36.1 Å². The highest BCUT2D eigenvalue weighted by molar-refractivity contribution is 6.34. The zero-order chi connectivity index (χ0) is 22.8. The van der Waals surface area contributed by atoms with E-state index in [1.807, 2.05) is 0 Å². The smallest absolute Gasteiger partial charge is 0.338 e. The molecule has 3 aromatic carbocycles. The van der Waals surface area contributed by atoms with Crippen molar-refractivity contribution in [2.75, 3.05) is 16.8 Å². The molecule has 7 nitrogen and oxygen atoms in total. The summed E-state index contributed by atoms with van der Waals surface area (Å²) in [6.45, 7) is -0.575. The molecular formula is C23H14ClFN2O5. The molecular weight excluding hydrogens is 439 g/mol. The SMILES string of the molecule is O=C(COC(=O)c1ccc(N2C(=O)c3ccccc3C2=O)cc1)Nc1ccc(F)c(Cl)c1. The molecule has 160 valence electrons. The van der Waals surface area contributed by atoms with Crippen molar-refractivity contribution in [3.8, 4) is 0 Å². The van der Waals surface area contributed by atoms with Crippen LogP contribution in [0.4, 0.5) is 15.8 Å². The predicted molar refractivity (Wildman–Crippen MR) is 114 cm³/mol. The number of rotatable bonds is 5. The molecule has 4 rings (SSSR count). The molecule has 0 saturated heterocycles. The molecule has 0 aliphatic carbocycles. The molecule has 3 amide bonds. The van der Waals surface area contributed by atoms with Gasteiger partial charge in [-0.25, -0.2) is 14.1 Å². The molecule has 0 fully saturated rings. The van der Waals surface area contributed by atoms with Gasteiger partial charge in [0.1, 0.15) is 5.82 Å². The van der Waals surface area contributed by atoms with Crippen molar-refractivity contribution >= 4 is 46.7 Å². The Hall–Kier alpha value is -4.04. The van der Waals surface area contributed by atoms with Crippen molar-refractivity contribution in [2.45, 2.75) is 0 Å². The second-order valence-electron chi connectivity index (χ2n) is 6.79. The monoisotopic (exact) mass is 452 g/mol. The number of ether oxygens (including phenoxy) is 1. The Kier molecular flexibility index (Phi) is 5.70. The van der Waals surface area contributed by atoms with Crippen molar-refractivity contribution < 1.29 is 28.3 Å². The lowest BCUT2D eigenvalue weighted by molar-refractivity contribution is -0.119. The third-order valence-electron chi connectivity index (χ3n) is 4.69. The molecule has 1 N–H and O–H groups in total. The standard InChI is InChI=1S/C23H14ClFN2O5/c24-18-11-14(7-10-19(18)25)26-20(28)12-32-23(31)13-5-8-15(9-6-13)27-21(29)16-3-1-2-4-17(16)22(27)30/h1-11H,12H2,(H,26,28). The van der Waals surface area contributed by atoms with Crippen LogP contribution in [0.15, 0.2) is 66.7 Å². The van der Waals surface area contributed by atoms with Crippen LogP contribution in [0.1, 0.15) is 31.1 Å². The number of halogens is 2. The second-order valence-corrected chi connectivity index (χ2v) is 7.20. The largest absolute Gasteiger partial charge is 0.452 e. The molecule has 0 spiro atoms. The average Bonchev–Trinajstić information content (AvgIpc) is 3.05. The summed E-state index contributed by atoms with van der Waals surface area (Å²) in [6.07, 6.45) is 0. The van der Waals surface area contributed by atoms with Crippen LogP contribution in [0.25, 0.3) is 0 Å². The minimum absolute atomic E-state index is 0.128. The number of hydrogen-bond acceptors (Lipinski definition) is 5. The Bertz CT molecular complexity index is 1220. The fourth-order valence-corrected chi connectivity index (χ4v) is 3.34. The van der Waals surface area contributed by atoms with Crippen LogP contribution >= 0.6 is 11.6 Å². The summed E-state index contributed by atoms with van der Waals surface area (Å²) in [5, 5.41) is 2.28. The van der Waals surface area contributed by atoms with Crippen molar-refractivity contribution in [3.63, 3.8) is 0 Å². The lowest BCUT2D eigenvalue weighted by Gasteiger charge is -2.14. The summed E-state index contributed by atoms with van der Waals surface area (Å²) in [4.78, 5) is 50.3. The summed E-state index contributed by atoms with van der Waals surface area (Å²) in [6, 6.07) is 15.8. The van der Waals surface area contributed by atoms with Gasteiger partial charge in [0.15, 0.2) is 6.61 Å². The normalized spacial score (nSPS) is 12.5. The molecule has 0 atom stereocenters. The first kappa shape index (κ1) is 21.2. The maximum Gasteiger partial charge on any atom is 0.338 e. The molecule has 1 heterocycles. The van der Waals surface area contributed by atoms with Crippen molar-refractivity contribution in [2.24, 2.45) is 0 Å². The zero-order valence-electron chi connectivity index (χ0n) is 16.3. The van der Waals surface area contributed by atoms with E-state index in [1.165, 1.54) is 36.4 Å². The number of amides is 3. The van der Waals surface area contributed by atoms with Gasteiger partial charge in [-0.3, -0.25) is 14.4 Å². The van der Waals surface area contributed by atoms with Gasteiger partial charge < -0.3 is 10.1 Å². The maximum atomic E-state index is 13.2. The highest BCUT2D eigenvalue weighted by atomic mass is 35.5. The minimum Gasteiger partial charge on any atom is -0.452 e. The Morgan fingerprint density at radius 3 is 2.16 bits per heavy atom. The Labute approximate surface area is 186 Å². The lowest BCUT2D eigenvalue weighted by atomic mass is 10.1. The van der Waals surface area contributed by atoms with E-state index in [4.69, 9.17) is 16.3 Å². The van der Waals surface area contributed by atoms with Gasteiger partial charge in [-0.1, -0.05) is 23.7 Å². The summed E-state index contributed by atoms with van der Waals surface area (Å²) in [5.74, 6) is -2.92. The van der Waals surface area contributed by atoms with Crippen LogP contribution in [0.2, 0.25) is 5.02 Å². The quantitative estimate of drug-likeness (QED) is 0.465. The number of esters is 1. The molecule has 9 heteroatoms. The van der Waals surface area contributed by atoms with Gasteiger partial charge in [0.2, 0.25) is 0 Å². The topological polar surface area (TPSA) is 92.8 Å². The van der Waals surface area contributed by atoms with Crippen LogP contribution in [0, 0.1) is 5.82 Å². The van der Waals surface area contributed by atoms with Gasteiger partial charge in [0.25, 0.3) is 17.7 Å². The number of carbonyl (C=O) groups is 4. The number of anilines is 2. The van der Waals surface area contributed by atoms with Crippen LogP contribution < -0.4 is 10.2 Å². The summed E-state index contributed by atoms with van der Waals surface area (Å²) < 4.78 is 18.1. The van der Waals surface area contributed by atoms with Gasteiger partial charge in [-0.2, -0.15) is 0 Å². The molecule has 0 radical (unpaired) electrons. The zero-order valence-corrected chi connectivity index (χ0v) is 17.1. The highest BCUT2D eigenvalue weighted by Gasteiger charge is 2.36. The van der Waals surface area contributed by atoms with E-state index in [1.54, 1.807) is 24.3 Å². The van der Waals surface area contributed by atoms with Crippen molar-refractivity contribution in [3.05, 3.63) is 94.3 Å². The number of hydrogen-bond donors (Lipinski definition) is 1. The van der Waals surface area contributed by atoms with E-state index in [0.717, 1.165) is 11.0 Å². The molecule has 1 aliphatic rings. The van der Waals surface area contributed by atoms with Crippen LogP contribution in [0.3, 0.4) is 0 Å². The summed E-state index contributed by atoms with van der Waals surface area (Å²) in [5.41, 5.74) is 1.31. The van der Waals surface area contributed by atoms with Crippen molar-refractivity contribution in [1.82, 2.24) is 0 Å². The van der Waals surface area contributed by atoms with Gasteiger partial charge in [0.05, 0.1) is 27.4 Å². The third kappa shape index (κ3) is 4.08. The number of fused-ring (bicyclic) bond motifs is 1. The van der Waals surface area contributed by atoms with E-state index in [9.17, 15) is 23.6 Å². The number of benzene rings is 3. The molecule has 0 bridgehead atoms. The molecule has 0 saturated carbocycles. The van der Waals surface area contributed by atoms with E-state index >= 15 is 0 Å². The van der Waals surface area contributed by atoms with E-state index in [-0.39, 0.29) is 16.3 Å².